The first kappa shape index (κ1) is 68.2. The van der Waals surface area contributed by atoms with Gasteiger partial charge < -0.3 is 71.6 Å². The Hall–Kier alpha value is -6.72. The van der Waals surface area contributed by atoms with Crippen LogP contribution < -0.4 is 45.0 Å². The summed E-state index contributed by atoms with van der Waals surface area (Å²) in [5.74, 6) is 0. The molecule has 0 saturated carbocycles. The Morgan fingerprint density at radius 3 is 1.10 bits per heavy atom. The van der Waals surface area contributed by atoms with Gasteiger partial charge in [0.15, 0.2) is 16.0 Å². The molecule has 89 heavy (non-hydrogen) atoms. The van der Waals surface area contributed by atoms with Crippen molar-refractivity contribution in [3.8, 4) is 18.2 Å². The van der Waals surface area contributed by atoms with E-state index in [0.717, 1.165) is 38.5 Å². The second-order valence-corrected chi connectivity index (χ2v) is 28.0. The van der Waals surface area contributed by atoms with Gasteiger partial charge in [0.25, 0.3) is 22.2 Å². The Bertz CT molecular complexity index is 4120. The Balaban J connectivity index is 1.19. The van der Waals surface area contributed by atoms with Crippen molar-refractivity contribution >= 4 is 22.8 Å². The predicted octanol–water partition coefficient (Wildman–Crippen LogP) is -1.59. The molecule has 484 valence electrons. The van der Waals surface area contributed by atoms with E-state index >= 15 is 13.7 Å². The molecule has 3 unspecified atom stereocenters. The van der Waals surface area contributed by atoms with Crippen LogP contribution in [-0.2, 0) is 59.8 Å². The lowest BCUT2D eigenvalue weighted by Crippen LogP contribution is -2.46. The van der Waals surface area contributed by atoms with Crippen LogP contribution >= 0.6 is 22.8 Å². The molecule has 4 aromatic rings. The molecule has 8 rings (SSSR count). The molecule has 9 N–H and O–H groups in total. The van der Waals surface area contributed by atoms with Gasteiger partial charge in [0.2, 0.25) is 0 Å². The van der Waals surface area contributed by atoms with Crippen molar-refractivity contribution in [3.05, 3.63) is 130 Å². The van der Waals surface area contributed by atoms with Crippen LogP contribution in [0.1, 0.15) is 92.1 Å². The van der Waals surface area contributed by atoms with E-state index < -0.39 is 224 Å². The molecule has 0 spiro atoms. The van der Waals surface area contributed by atoms with E-state index in [-0.39, 0.29) is 28.7 Å². The number of nitriles is 3. The number of aliphatic hydroxyl groups excluding tert-OH is 2. The molecule has 4 aromatic heterocycles. The van der Waals surface area contributed by atoms with Crippen LogP contribution in [0.25, 0.3) is 0 Å². The minimum atomic E-state index is -5.76. The normalized spacial score (nSPS) is 29.6. The molecule has 40 heteroatoms. The second kappa shape index (κ2) is 27.0. The van der Waals surface area contributed by atoms with Crippen molar-refractivity contribution in [1.82, 2.24) is 38.2 Å². The molecular formula is C49H62N11O26P3. The van der Waals surface area contributed by atoms with Crippen LogP contribution in [0.3, 0.4) is 0 Å². The van der Waals surface area contributed by atoms with Crippen molar-refractivity contribution in [3.63, 3.8) is 0 Å². The summed E-state index contributed by atoms with van der Waals surface area (Å²) >= 11 is 0. The lowest BCUT2D eigenvalue weighted by atomic mass is 10.1. The van der Waals surface area contributed by atoms with Gasteiger partial charge in [-0.15, -0.1) is 0 Å². The zero-order valence-corrected chi connectivity index (χ0v) is 50.4. The summed E-state index contributed by atoms with van der Waals surface area (Å²) in [5, 5.41) is 79.5. The highest BCUT2D eigenvalue weighted by molar-refractivity contribution is 7.56. The van der Waals surface area contributed by atoms with Crippen LogP contribution in [0.15, 0.2) is 63.1 Å². The Morgan fingerprint density at radius 1 is 0.494 bits per heavy atom. The zero-order chi connectivity index (χ0) is 65.2. The molecule has 0 bridgehead atoms. The number of aromatic nitrogens is 8. The van der Waals surface area contributed by atoms with Crippen molar-refractivity contribution < 1.29 is 85.3 Å². The summed E-state index contributed by atoms with van der Waals surface area (Å²) in [6.07, 6.45) is -17.1. The maximum absolute atomic E-state index is 16.0. The number of H-pyrrole nitrogens is 4. The van der Waals surface area contributed by atoms with Crippen LogP contribution in [0.5, 0.6) is 0 Å². The van der Waals surface area contributed by atoms with Gasteiger partial charge in [0.1, 0.15) is 49.3 Å². The van der Waals surface area contributed by atoms with E-state index in [1.807, 2.05) is 15.0 Å². The lowest BCUT2D eigenvalue weighted by Gasteiger charge is -2.38. The first-order valence-corrected chi connectivity index (χ1v) is 31.7. The molecule has 37 nitrogen and oxygen atoms in total. The number of ether oxygens (including phenoxy) is 4. The van der Waals surface area contributed by atoms with E-state index in [1.54, 1.807) is 18.2 Å². The van der Waals surface area contributed by atoms with Gasteiger partial charge in [-0.25, -0.2) is 19.2 Å². The summed E-state index contributed by atoms with van der Waals surface area (Å²) in [6.45, 7) is -2.08. The van der Waals surface area contributed by atoms with Gasteiger partial charge in [-0.1, -0.05) is 0 Å². The zero-order valence-electron chi connectivity index (χ0n) is 47.7. The largest absolute Gasteiger partial charge is 0.394 e. The van der Waals surface area contributed by atoms with E-state index in [9.17, 15) is 79.7 Å². The second-order valence-electron chi connectivity index (χ2n) is 21.1. The van der Waals surface area contributed by atoms with Gasteiger partial charge >= 0.3 is 45.5 Å². The number of hydrogen-bond donors (Lipinski definition) is 9. The van der Waals surface area contributed by atoms with Crippen LogP contribution in [0.4, 0.5) is 0 Å². The van der Waals surface area contributed by atoms with E-state index in [0.29, 0.717) is 4.57 Å². The highest BCUT2D eigenvalue weighted by Gasteiger charge is 2.68. The third kappa shape index (κ3) is 13.4. The van der Waals surface area contributed by atoms with Crippen LogP contribution in [0.2, 0.25) is 0 Å². The fourth-order valence-electron chi connectivity index (χ4n) is 10.3. The number of nitrogens with one attached hydrogen (secondary N) is 4. The smallest absolute Gasteiger partial charge is 0.365 e. The molecule has 4 saturated heterocycles. The third-order valence-electron chi connectivity index (χ3n) is 15.2. The maximum atomic E-state index is 16.0. The third-order valence-corrected chi connectivity index (χ3v) is 22.5. The summed E-state index contributed by atoms with van der Waals surface area (Å²) in [6, 6.07) is 5.22. The van der Waals surface area contributed by atoms with E-state index in [1.165, 1.54) is 27.7 Å². The van der Waals surface area contributed by atoms with Crippen LogP contribution in [-0.4, -0.2) is 157 Å². The fourth-order valence-corrected chi connectivity index (χ4v) is 16.4. The molecule has 4 aliphatic rings. The van der Waals surface area contributed by atoms with Gasteiger partial charge in [-0.05, 0) is 27.7 Å². The summed E-state index contributed by atoms with van der Waals surface area (Å²) in [4.78, 5) is 111. The number of aromatic amines is 4. The molecule has 4 fully saturated rings. The average Bonchev–Trinajstić information content (AvgIpc) is 1.63. The number of aryl methyl sites for hydroxylation is 4. The topological polar surface area (TPSA) is 535 Å². The predicted molar refractivity (Wildman–Crippen MR) is 296 cm³/mol. The molecule has 0 amide bonds. The average molecular weight is 1310 g/mol. The Kier molecular flexibility index (Phi) is 20.7. The highest BCUT2D eigenvalue weighted by atomic mass is 31.2. The number of hydrogen-bond acceptors (Lipinski definition) is 29. The Labute approximate surface area is 499 Å². The summed E-state index contributed by atoms with van der Waals surface area (Å²) < 4.78 is 109. The first-order valence-electron chi connectivity index (χ1n) is 27.1. The standard InChI is InChI=1S/C49H62N11O26P3/c1-26-18-57(43(67)53-39(26)63)35-14-30(62)31(83-35)23-80-88(75,78-12-6-9-51)48(72)16-37(59-20-28(3)41(65)55-45(59)69)85-33(48)25-82-89(76,79-13-7-10-52)49(73)17-38(60-21-29(4)42(66)56-46(60)70)86-34(49)24-81-87(74,77-11-5-8-50)47(71)15-36(84-32(47)22-61)58-19-27(2)40(64)54-44(58)68/h18-21,30-38,61-62,71-73H,5-7,11-17,22-25H2,1-4H3,(H,53,63,67)(H,54,64,68)(H,55,65,69)(H,56,66,70)/t30-,31+,32+,33+,34+,35+,36+,37+,38+,47+,48+,49+,87?,88?,89?/m0/s1. The van der Waals surface area contributed by atoms with Gasteiger partial charge in [0, 0.05) is 72.7 Å². The number of nitrogens with zero attached hydrogens (tertiary/aromatic N) is 7. The van der Waals surface area contributed by atoms with Gasteiger partial charge in [-0.2, -0.15) is 15.8 Å². The lowest BCUT2D eigenvalue weighted by molar-refractivity contribution is -0.0829. The quantitative estimate of drug-likeness (QED) is 0.0253. The first-order chi connectivity index (χ1) is 41.9. The molecule has 0 radical (unpaired) electrons. The minimum absolute atomic E-state index is 0.0266. The molecular weight excluding hydrogens is 1250 g/mol. The number of aliphatic hydroxyl groups is 5. The van der Waals surface area contributed by atoms with Crippen molar-refractivity contribution in [2.45, 2.75) is 144 Å². The number of rotatable bonds is 26. The van der Waals surface area contributed by atoms with Gasteiger partial charge in [-0.3, -0.25) is 71.1 Å². The summed E-state index contributed by atoms with van der Waals surface area (Å²) in [5.41, 5.74) is -7.75. The van der Waals surface area contributed by atoms with E-state index in [4.69, 9.17) is 46.1 Å². The molecule has 15 atom stereocenters. The molecule has 8 heterocycles. The maximum Gasteiger partial charge on any atom is 0.365 e. The Morgan fingerprint density at radius 2 is 0.787 bits per heavy atom. The molecule has 0 aromatic carbocycles. The SMILES string of the molecule is Cc1cn([C@H]2C[C@H](O)[C@@H](COP(=O)(OCCC#N)[C@]3(O)C[C@H](n4cc(C)c(=O)[nH]c4=O)O[C@@H]3COP(=O)(OCCC#N)[C@]3(O)C[C@H](n4cc(C)c(=O)[nH]c4=O)O[C@@H]3COP(=O)(OCCC#N)[C@]3(O)C[C@H](n4cc(C)c(=O)[nH]c4=O)O[C@@H]3CO)O2)c(=O)[nH]c1=O. The monoisotopic (exact) mass is 1310 g/mol. The fraction of sp³-hybridized carbons (Fsp3) is 0.612. The van der Waals surface area contributed by atoms with E-state index in [2.05, 4.69) is 4.98 Å². The molecule has 4 aliphatic heterocycles. The van der Waals surface area contributed by atoms with Gasteiger partial charge in [0.05, 0.1) is 89.8 Å². The molecule has 0 aliphatic carbocycles. The van der Waals surface area contributed by atoms with Crippen molar-refractivity contribution in [1.29, 1.82) is 15.8 Å². The minimum Gasteiger partial charge on any atom is -0.394 e. The van der Waals surface area contributed by atoms with Crippen molar-refractivity contribution in [2.75, 3.05) is 46.2 Å². The highest BCUT2D eigenvalue weighted by Crippen LogP contribution is 2.71. The van der Waals surface area contributed by atoms with Crippen LogP contribution in [0, 0.1) is 61.7 Å². The van der Waals surface area contributed by atoms with Crippen molar-refractivity contribution in [2.24, 2.45) is 0 Å². The summed E-state index contributed by atoms with van der Waals surface area (Å²) in [7, 11) is -16.7.